The summed E-state index contributed by atoms with van der Waals surface area (Å²) in [4.78, 5) is 25.1. The quantitative estimate of drug-likeness (QED) is 0.676. The first-order chi connectivity index (χ1) is 7.15. The molecular weight excluding hydrogens is 192 g/mol. The van der Waals surface area contributed by atoms with Crippen molar-refractivity contribution in [1.82, 2.24) is 10.2 Å². The summed E-state index contributed by atoms with van der Waals surface area (Å²) in [6.45, 7) is 3.47. The number of rotatable bonds is 4. The Hall–Kier alpha value is -0.900. The van der Waals surface area contributed by atoms with Crippen molar-refractivity contribution in [3.63, 3.8) is 0 Å². The van der Waals surface area contributed by atoms with Crippen molar-refractivity contribution in [3.05, 3.63) is 0 Å². The highest BCUT2D eigenvalue weighted by Crippen LogP contribution is 2.42. The monoisotopic (exact) mass is 210 g/mol. The molecule has 0 bridgehead atoms. The van der Waals surface area contributed by atoms with Gasteiger partial charge in [0.2, 0.25) is 11.8 Å². The Morgan fingerprint density at radius 2 is 1.87 bits per heavy atom. The van der Waals surface area contributed by atoms with Crippen molar-refractivity contribution in [3.8, 4) is 0 Å². The number of hydrogen-bond acceptors (Lipinski definition) is 3. The number of amides is 2. The average molecular weight is 210 g/mol. The lowest BCUT2D eigenvalue weighted by Gasteiger charge is -2.24. The summed E-state index contributed by atoms with van der Waals surface area (Å²) in [5, 5.41) is 3.06. The normalized spacial score (nSPS) is 31.5. The summed E-state index contributed by atoms with van der Waals surface area (Å²) in [5.74, 6) is 0.525. The van der Waals surface area contributed by atoms with Crippen LogP contribution < -0.4 is 5.32 Å². The van der Waals surface area contributed by atoms with Crippen molar-refractivity contribution in [2.24, 2.45) is 17.8 Å². The fraction of sp³-hybridized carbons (Fsp3) is 0.818. The maximum Gasteiger partial charge on any atom is 0.233 e. The number of likely N-dealkylation sites (tertiary alicyclic amines) is 1. The van der Waals surface area contributed by atoms with E-state index in [1.54, 1.807) is 0 Å². The second-order valence-electron chi connectivity index (χ2n) is 4.74. The molecule has 2 aliphatic rings. The van der Waals surface area contributed by atoms with Gasteiger partial charge in [-0.2, -0.15) is 0 Å². The Balaban J connectivity index is 1.97. The Morgan fingerprint density at radius 1 is 1.33 bits per heavy atom. The zero-order valence-corrected chi connectivity index (χ0v) is 9.32. The lowest BCUT2D eigenvalue weighted by atomic mass is 9.76. The number of fused-ring (bicyclic) bond motifs is 1. The van der Waals surface area contributed by atoms with Crippen LogP contribution in [0.5, 0.6) is 0 Å². The third-order valence-electron chi connectivity index (χ3n) is 3.49. The molecule has 1 aliphatic carbocycles. The first-order valence-corrected chi connectivity index (χ1v) is 5.65. The van der Waals surface area contributed by atoms with Gasteiger partial charge in [0.1, 0.15) is 0 Å². The molecule has 1 heterocycles. The van der Waals surface area contributed by atoms with E-state index in [0.29, 0.717) is 12.5 Å². The molecule has 2 rings (SSSR count). The summed E-state index contributed by atoms with van der Waals surface area (Å²) >= 11 is 0. The molecule has 84 valence electrons. The van der Waals surface area contributed by atoms with Crippen molar-refractivity contribution in [2.75, 3.05) is 20.1 Å². The molecular formula is C11H18N2O2. The minimum atomic E-state index is 0.0271. The average Bonchev–Trinajstić information content (AvgIpc) is 2.25. The van der Waals surface area contributed by atoms with E-state index in [-0.39, 0.29) is 23.7 Å². The lowest BCUT2D eigenvalue weighted by Crippen LogP contribution is -2.37. The van der Waals surface area contributed by atoms with Gasteiger partial charge in [0.05, 0.1) is 11.8 Å². The van der Waals surface area contributed by atoms with Gasteiger partial charge >= 0.3 is 0 Å². The van der Waals surface area contributed by atoms with Gasteiger partial charge in [-0.25, -0.2) is 0 Å². The Labute approximate surface area is 90.0 Å². The molecule has 1 saturated heterocycles. The Morgan fingerprint density at radius 3 is 2.27 bits per heavy atom. The number of nitrogens with zero attached hydrogens (tertiary/aromatic N) is 1. The highest BCUT2D eigenvalue weighted by Gasteiger charge is 2.52. The highest BCUT2D eigenvalue weighted by atomic mass is 16.2. The fourth-order valence-electron chi connectivity index (χ4n) is 2.50. The third-order valence-corrected chi connectivity index (χ3v) is 3.49. The van der Waals surface area contributed by atoms with Gasteiger partial charge in [-0.15, -0.1) is 0 Å². The largest absolute Gasteiger partial charge is 0.319 e. The minimum Gasteiger partial charge on any atom is -0.319 e. The number of carbonyl (C=O) groups is 2. The molecule has 3 atom stereocenters. The maximum atomic E-state index is 11.8. The van der Waals surface area contributed by atoms with E-state index in [4.69, 9.17) is 0 Å². The van der Waals surface area contributed by atoms with E-state index in [1.807, 2.05) is 7.05 Å². The topological polar surface area (TPSA) is 49.4 Å². The molecule has 1 aliphatic heterocycles. The van der Waals surface area contributed by atoms with Gasteiger partial charge in [0.25, 0.3) is 0 Å². The molecule has 4 nitrogen and oxygen atoms in total. The SMILES string of the molecule is CNCC(C)CN1C(=O)C2CCC2C1=O. The molecule has 0 radical (unpaired) electrons. The van der Waals surface area contributed by atoms with E-state index < -0.39 is 0 Å². The van der Waals surface area contributed by atoms with Crippen molar-refractivity contribution < 1.29 is 9.59 Å². The number of carbonyl (C=O) groups excluding carboxylic acids is 2. The van der Waals surface area contributed by atoms with Crippen LogP contribution >= 0.6 is 0 Å². The van der Waals surface area contributed by atoms with Gasteiger partial charge in [0.15, 0.2) is 0 Å². The van der Waals surface area contributed by atoms with E-state index in [9.17, 15) is 9.59 Å². The Kier molecular flexibility index (Phi) is 2.78. The lowest BCUT2D eigenvalue weighted by molar-refractivity contribution is -0.140. The van der Waals surface area contributed by atoms with Crippen molar-refractivity contribution in [2.45, 2.75) is 19.8 Å². The van der Waals surface area contributed by atoms with Crippen LogP contribution in [0.1, 0.15) is 19.8 Å². The fourth-order valence-corrected chi connectivity index (χ4v) is 2.50. The number of imide groups is 1. The van der Waals surface area contributed by atoms with Crippen molar-refractivity contribution in [1.29, 1.82) is 0 Å². The summed E-state index contributed by atoms with van der Waals surface area (Å²) in [6, 6.07) is 0. The molecule has 0 aromatic carbocycles. The van der Waals surface area contributed by atoms with Crippen LogP contribution in [0.25, 0.3) is 0 Å². The van der Waals surface area contributed by atoms with Gasteiger partial charge in [-0.3, -0.25) is 14.5 Å². The predicted octanol–water partition coefficient (Wildman–Crippen LogP) is 0.237. The minimum absolute atomic E-state index is 0.0271. The second kappa shape index (κ2) is 3.93. The van der Waals surface area contributed by atoms with Crippen LogP contribution in [0.3, 0.4) is 0 Å². The van der Waals surface area contributed by atoms with Crippen LogP contribution in [0.2, 0.25) is 0 Å². The summed E-state index contributed by atoms with van der Waals surface area (Å²) in [6.07, 6.45) is 1.82. The predicted molar refractivity (Wildman–Crippen MR) is 56.0 cm³/mol. The molecule has 15 heavy (non-hydrogen) atoms. The van der Waals surface area contributed by atoms with Crippen LogP contribution in [-0.4, -0.2) is 36.9 Å². The first kappa shape index (κ1) is 10.6. The Bertz CT molecular complexity index is 268. The molecule has 0 spiro atoms. The van der Waals surface area contributed by atoms with Gasteiger partial charge in [-0.1, -0.05) is 6.92 Å². The van der Waals surface area contributed by atoms with Crippen LogP contribution in [0, 0.1) is 17.8 Å². The van der Waals surface area contributed by atoms with Crippen LogP contribution in [0.4, 0.5) is 0 Å². The van der Waals surface area contributed by atoms with Crippen LogP contribution in [0.15, 0.2) is 0 Å². The molecule has 3 unspecified atom stereocenters. The molecule has 1 saturated carbocycles. The number of hydrogen-bond donors (Lipinski definition) is 1. The molecule has 0 aromatic rings. The van der Waals surface area contributed by atoms with E-state index in [1.165, 1.54) is 4.90 Å². The summed E-state index contributed by atoms with van der Waals surface area (Å²) in [5.41, 5.74) is 0. The zero-order chi connectivity index (χ0) is 11.0. The van der Waals surface area contributed by atoms with E-state index in [2.05, 4.69) is 12.2 Å². The standard InChI is InChI=1S/C11H18N2O2/c1-7(5-12-2)6-13-10(14)8-3-4-9(8)11(13)15/h7-9,12H,3-6H2,1-2H3. The maximum absolute atomic E-state index is 11.8. The van der Waals surface area contributed by atoms with E-state index in [0.717, 1.165) is 19.4 Å². The first-order valence-electron chi connectivity index (χ1n) is 5.65. The smallest absolute Gasteiger partial charge is 0.233 e. The molecule has 1 N–H and O–H groups in total. The second-order valence-corrected chi connectivity index (χ2v) is 4.74. The molecule has 4 heteroatoms. The third kappa shape index (κ3) is 1.67. The summed E-state index contributed by atoms with van der Waals surface area (Å²) in [7, 11) is 1.88. The zero-order valence-electron chi connectivity index (χ0n) is 9.32. The molecule has 0 aromatic heterocycles. The summed E-state index contributed by atoms with van der Waals surface area (Å²) < 4.78 is 0. The number of nitrogens with one attached hydrogen (secondary N) is 1. The van der Waals surface area contributed by atoms with Gasteiger partial charge in [-0.05, 0) is 32.4 Å². The van der Waals surface area contributed by atoms with Crippen molar-refractivity contribution >= 4 is 11.8 Å². The van der Waals surface area contributed by atoms with Gasteiger partial charge in [0, 0.05) is 6.54 Å². The van der Waals surface area contributed by atoms with E-state index >= 15 is 0 Å². The van der Waals surface area contributed by atoms with Gasteiger partial charge < -0.3 is 5.32 Å². The highest BCUT2D eigenvalue weighted by molar-refractivity contribution is 6.06. The van der Waals surface area contributed by atoms with Crippen LogP contribution in [-0.2, 0) is 9.59 Å². The molecule has 2 amide bonds. The molecule has 2 fully saturated rings.